The quantitative estimate of drug-likeness (QED) is 0.694. The summed E-state index contributed by atoms with van der Waals surface area (Å²) in [5, 5.41) is 0.491. The van der Waals surface area contributed by atoms with Gasteiger partial charge in [-0.3, -0.25) is 0 Å². The van der Waals surface area contributed by atoms with E-state index >= 15 is 0 Å². The monoisotopic (exact) mass is 262 g/mol. The molecule has 1 aromatic rings. The van der Waals surface area contributed by atoms with E-state index in [9.17, 15) is 0 Å². The molecule has 1 heterocycles. The second kappa shape index (κ2) is 4.14. The average molecular weight is 262 g/mol. The Hall–Kier alpha value is -1.73. The molecule has 3 aliphatic rings. The Labute approximate surface area is 117 Å². The second-order valence-electron chi connectivity index (χ2n) is 5.09. The minimum Gasteiger partial charge on any atom is -0.113 e. The number of benzene rings is 1. The third-order valence-corrected chi connectivity index (χ3v) is 4.99. The van der Waals surface area contributed by atoms with Gasteiger partial charge in [0, 0.05) is 4.91 Å². The first-order valence-electron chi connectivity index (χ1n) is 6.58. The summed E-state index contributed by atoms with van der Waals surface area (Å²) in [5.41, 5.74) is 6.99. The molecule has 1 atom stereocenters. The smallest absolute Gasteiger partial charge is 0.0540 e. The van der Waals surface area contributed by atoms with Crippen molar-refractivity contribution in [1.82, 2.24) is 0 Å². The van der Waals surface area contributed by atoms with Crippen molar-refractivity contribution in [2.24, 2.45) is 0 Å². The SMILES string of the molecule is CC1=CC2=C3C(c4ccccc4)=CC=CC3SC2=C1. The van der Waals surface area contributed by atoms with Gasteiger partial charge >= 0.3 is 0 Å². The summed E-state index contributed by atoms with van der Waals surface area (Å²) >= 11 is 1.97. The second-order valence-corrected chi connectivity index (χ2v) is 6.28. The van der Waals surface area contributed by atoms with E-state index in [2.05, 4.69) is 67.6 Å². The lowest BCUT2D eigenvalue weighted by atomic mass is 9.88. The molecule has 0 bridgehead atoms. The zero-order valence-corrected chi connectivity index (χ0v) is 11.6. The zero-order valence-electron chi connectivity index (χ0n) is 10.8. The van der Waals surface area contributed by atoms with Crippen LogP contribution in [0.15, 0.2) is 82.3 Å². The molecule has 1 unspecified atom stereocenters. The Balaban J connectivity index is 1.91. The first-order chi connectivity index (χ1) is 9.33. The molecule has 0 spiro atoms. The molecule has 0 aromatic heterocycles. The summed E-state index contributed by atoms with van der Waals surface area (Å²) in [7, 11) is 0. The van der Waals surface area contributed by atoms with Gasteiger partial charge in [0.25, 0.3) is 0 Å². The van der Waals surface area contributed by atoms with Crippen molar-refractivity contribution < 1.29 is 0 Å². The van der Waals surface area contributed by atoms with Gasteiger partial charge in [0.2, 0.25) is 0 Å². The van der Waals surface area contributed by atoms with Gasteiger partial charge in [-0.15, -0.1) is 11.8 Å². The van der Waals surface area contributed by atoms with Gasteiger partial charge in [-0.1, -0.05) is 54.6 Å². The highest BCUT2D eigenvalue weighted by molar-refractivity contribution is 8.04. The van der Waals surface area contributed by atoms with Crippen LogP contribution in [0.3, 0.4) is 0 Å². The maximum Gasteiger partial charge on any atom is 0.0540 e. The molecule has 1 aromatic carbocycles. The minimum atomic E-state index is 0.491. The van der Waals surface area contributed by atoms with Crippen LogP contribution in [-0.2, 0) is 0 Å². The first-order valence-corrected chi connectivity index (χ1v) is 7.46. The number of thioether (sulfide) groups is 1. The molecular formula is C18H14S. The average Bonchev–Trinajstić information content (AvgIpc) is 2.95. The molecule has 2 aliphatic carbocycles. The summed E-state index contributed by atoms with van der Waals surface area (Å²) in [5.74, 6) is 0. The van der Waals surface area contributed by atoms with E-state index in [0.29, 0.717) is 5.25 Å². The van der Waals surface area contributed by atoms with Gasteiger partial charge in [0.15, 0.2) is 0 Å². The van der Waals surface area contributed by atoms with E-state index < -0.39 is 0 Å². The number of allylic oxidation sites excluding steroid dienone is 7. The van der Waals surface area contributed by atoms with Crippen molar-refractivity contribution in [3.63, 3.8) is 0 Å². The molecule has 4 rings (SSSR count). The highest BCUT2D eigenvalue weighted by Crippen LogP contribution is 2.52. The van der Waals surface area contributed by atoms with Gasteiger partial charge in [-0.05, 0) is 40.9 Å². The molecule has 0 saturated heterocycles. The van der Waals surface area contributed by atoms with E-state index in [0.717, 1.165) is 0 Å². The topological polar surface area (TPSA) is 0 Å². The van der Waals surface area contributed by atoms with Crippen LogP contribution in [0.2, 0.25) is 0 Å². The van der Waals surface area contributed by atoms with Crippen LogP contribution in [0.4, 0.5) is 0 Å². The number of hydrogen-bond acceptors (Lipinski definition) is 1. The van der Waals surface area contributed by atoms with E-state index in [4.69, 9.17) is 0 Å². The Morgan fingerprint density at radius 2 is 1.89 bits per heavy atom. The van der Waals surface area contributed by atoms with Gasteiger partial charge in [-0.2, -0.15) is 0 Å². The van der Waals surface area contributed by atoms with Crippen LogP contribution in [0.1, 0.15) is 12.5 Å². The van der Waals surface area contributed by atoms with Gasteiger partial charge in [0.05, 0.1) is 5.25 Å². The summed E-state index contributed by atoms with van der Waals surface area (Å²) in [6, 6.07) is 10.7. The lowest BCUT2D eigenvalue weighted by molar-refractivity contribution is 1.29. The highest BCUT2D eigenvalue weighted by Gasteiger charge is 2.33. The maximum atomic E-state index is 2.33. The molecule has 19 heavy (non-hydrogen) atoms. The van der Waals surface area contributed by atoms with Crippen LogP contribution >= 0.6 is 11.8 Å². The molecule has 0 amide bonds. The van der Waals surface area contributed by atoms with E-state index in [1.807, 2.05) is 11.8 Å². The standard InChI is InChI=1S/C18H14S/c1-12-10-15-17(11-12)19-16-9-5-8-14(18(15)16)13-6-3-2-4-7-13/h2-11,16H,1H3. The fraction of sp³-hybridized carbons (Fsp3) is 0.111. The summed E-state index contributed by atoms with van der Waals surface area (Å²) in [4.78, 5) is 1.44. The number of fused-ring (bicyclic) bond motifs is 2. The van der Waals surface area contributed by atoms with Crippen LogP contribution < -0.4 is 0 Å². The molecule has 1 aliphatic heterocycles. The van der Waals surface area contributed by atoms with Crippen molar-refractivity contribution in [1.29, 1.82) is 0 Å². The molecular weight excluding hydrogens is 248 g/mol. The summed E-state index contributed by atoms with van der Waals surface area (Å²) in [6.45, 7) is 2.18. The summed E-state index contributed by atoms with van der Waals surface area (Å²) in [6.07, 6.45) is 11.4. The predicted octanol–water partition coefficient (Wildman–Crippen LogP) is 4.90. The van der Waals surface area contributed by atoms with E-state index in [1.54, 1.807) is 0 Å². The van der Waals surface area contributed by atoms with Crippen LogP contribution in [0.25, 0.3) is 5.57 Å². The number of hydrogen-bond donors (Lipinski definition) is 0. The summed E-state index contributed by atoms with van der Waals surface area (Å²) < 4.78 is 0. The van der Waals surface area contributed by atoms with Crippen molar-refractivity contribution in [2.75, 3.05) is 0 Å². The molecule has 0 saturated carbocycles. The van der Waals surface area contributed by atoms with Crippen molar-refractivity contribution in [3.05, 3.63) is 87.9 Å². The van der Waals surface area contributed by atoms with Crippen molar-refractivity contribution >= 4 is 17.3 Å². The fourth-order valence-corrected chi connectivity index (χ4v) is 4.29. The van der Waals surface area contributed by atoms with Crippen LogP contribution in [0.5, 0.6) is 0 Å². The van der Waals surface area contributed by atoms with Gasteiger partial charge < -0.3 is 0 Å². The highest BCUT2D eigenvalue weighted by atomic mass is 32.2. The largest absolute Gasteiger partial charge is 0.113 e. The van der Waals surface area contributed by atoms with E-state index in [1.165, 1.54) is 32.8 Å². The third-order valence-electron chi connectivity index (χ3n) is 3.75. The Kier molecular flexibility index (Phi) is 2.42. The molecule has 1 heteroatoms. The molecule has 0 radical (unpaired) electrons. The zero-order chi connectivity index (χ0) is 12.8. The van der Waals surface area contributed by atoms with E-state index in [-0.39, 0.29) is 0 Å². The van der Waals surface area contributed by atoms with Crippen LogP contribution in [-0.4, -0.2) is 5.25 Å². The first kappa shape index (κ1) is 11.1. The molecule has 0 N–H and O–H groups in total. The van der Waals surface area contributed by atoms with Crippen molar-refractivity contribution in [3.8, 4) is 0 Å². The lowest BCUT2D eigenvalue weighted by Gasteiger charge is -2.18. The van der Waals surface area contributed by atoms with Crippen LogP contribution in [0, 0.1) is 0 Å². The Morgan fingerprint density at radius 3 is 2.74 bits per heavy atom. The third kappa shape index (κ3) is 1.69. The molecule has 92 valence electrons. The molecule has 0 nitrogen and oxygen atoms in total. The minimum absolute atomic E-state index is 0.491. The molecule has 0 fully saturated rings. The Bertz CT molecular complexity index is 696. The number of rotatable bonds is 1. The normalized spacial score (nSPS) is 23.8. The maximum absolute atomic E-state index is 2.33. The van der Waals surface area contributed by atoms with Crippen molar-refractivity contribution in [2.45, 2.75) is 12.2 Å². The fourth-order valence-electron chi connectivity index (χ4n) is 2.93. The van der Waals surface area contributed by atoms with Gasteiger partial charge in [0.1, 0.15) is 0 Å². The predicted molar refractivity (Wildman–Crippen MR) is 83.8 cm³/mol. The lowest BCUT2D eigenvalue weighted by Crippen LogP contribution is -2.05. The van der Waals surface area contributed by atoms with Gasteiger partial charge in [-0.25, -0.2) is 0 Å². The Morgan fingerprint density at radius 1 is 1.05 bits per heavy atom.